The monoisotopic (exact) mass is 457 g/mol. The molecule has 0 saturated heterocycles. The Bertz CT molecular complexity index is 1000. The fourth-order valence-corrected chi connectivity index (χ4v) is 3.24. The van der Waals surface area contributed by atoms with Gasteiger partial charge in [-0.15, -0.1) is 11.8 Å². The molecule has 1 atom stereocenters. The van der Waals surface area contributed by atoms with Crippen LogP contribution >= 0.6 is 24.0 Å². The van der Waals surface area contributed by atoms with Crippen molar-refractivity contribution < 1.29 is 28.0 Å². The summed E-state index contributed by atoms with van der Waals surface area (Å²) in [5, 5.41) is 25.6. The van der Waals surface area contributed by atoms with Crippen LogP contribution < -0.4 is 5.32 Å². The summed E-state index contributed by atoms with van der Waals surface area (Å²) in [6.07, 6.45) is -4.99. The number of halogens is 3. The molecule has 0 bridgehead atoms. The summed E-state index contributed by atoms with van der Waals surface area (Å²) in [7, 11) is 0. The summed E-state index contributed by atoms with van der Waals surface area (Å²) in [5.41, 5.74) is -4.32. The van der Waals surface area contributed by atoms with Crippen LogP contribution in [-0.2, 0) is 11.0 Å². The molecule has 0 saturated carbocycles. The van der Waals surface area contributed by atoms with E-state index < -0.39 is 33.9 Å². The number of amides is 1. The molecule has 0 aliphatic heterocycles. The van der Waals surface area contributed by atoms with Gasteiger partial charge in [0, 0.05) is 22.4 Å². The van der Waals surface area contributed by atoms with E-state index in [0.29, 0.717) is 22.7 Å². The normalized spacial score (nSPS) is 13.1. The number of hydrogen-bond acceptors (Lipinski definition) is 7. The molecule has 0 heterocycles. The van der Waals surface area contributed by atoms with Gasteiger partial charge in [-0.2, -0.15) is 18.2 Å². The summed E-state index contributed by atoms with van der Waals surface area (Å²) in [6.45, 7) is 1.20. The van der Waals surface area contributed by atoms with Crippen LogP contribution in [0.3, 0.4) is 0 Å². The molecule has 0 fully saturated rings. The predicted molar refractivity (Wildman–Crippen MR) is 109 cm³/mol. The SMILES string of the molecule is C[C@@](O)(CSc1ccc(N=C=S)cc1)C(=O)Nc1ccc([N+](=O)[O-])c(C(F)(F)F)c1. The summed E-state index contributed by atoms with van der Waals surface area (Å²) < 4.78 is 39.2. The minimum Gasteiger partial charge on any atom is -0.379 e. The molecule has 2 N–H and O–H groups in total. The minimum atomic E-state index is -4.99. The van der Waals surface area contributed by atoms with Crippen LogP contribution in [0, 0.1) is 10.1 Å². The van der Waals surface area contributed by atoms with Crippen molar-refractivity contribution in [1.82, 2.24) is 0 Å². The van der Waals surface area contributed by atoms with E-state index in [-0.39, 0.29) is 11.4 Å². The van der Waals surface area contributed by atoms with Gasteiger partial charge in [-0.25, -0.2) is 0 Å². The van der Waals surface area contributed by atoms with Crippen LogP contribution in [0.1, 0.15) is 12.5 Å². The standard InChI is InChI=1S/C18H14F3N3O4S2/c1-17(26,9-30-13-5-2-11(3-6-13)22-10-29)16(25)23-12-4-7-15(24(27)28)14(8-12)18(19,20)21/h2-8,26H,9H2,1H3,(H,23,25)/t17-/m1/s1. The molecular weight excluding hydrogens is 443 g/mol. The first-order valence-corrected chi connectivity index (χ1v) is 9.53. The molecule has 0 spiro atoms. The summed E-state index contributed by atoms with van der Waals surface area (Å²) >= 11 is 5.64. The highest BCUT2D eigenvalue weighted by atomic mass is 32.2. The lowest BCUT2D eigenvalue weighted by Gasteiger charge is -2.22. The van der Waals surface area contributed by atoms with Crippen LogP contribution in [0.2, 0.25) is 0 Å². The molecule has 0 radical (unpaired) electrons. The number of nitrogens with one attached hydrogen (secondary N) is 1. The molecule has 2 aromatic rings. The number of aliphatic hydroxyl groups is 1. The smallest absolute Gasteiger partial charge is 0.379 e. The van der Waals surface area contributed by atoms with Crippen molar-refractivity contribution in [3.8, 4) is 0 Å². The highest BCUT2D eigenvalue weighted by Crippen LogP contribution is 2.37. The van der Waals surface area contributed by atoms with E-state index in [1.807, 2.05) is 0 Å². The predicted octanol–water partition coefficient (Wildman–Crippen LogP) is 4.83. The Morgan fingerprint density at radius 2 is 1.93 bits per heavy atom. The number of thiocarbonyl (C=S) groups is 1. The fraction of sp³-hybridized carbons (Fsp3) is 0.222. The van der Waals surface area contributed by atoms with Crippen molar-refractivity contribution >= 4 is 52.1 Å². The Labute approximate surface area is 178 Å². The lowest BCUT2D eigenvalue weighted by atomic mass is 10.1. The number of isothiocyanates is 1. The van der Waals surface area contributed by atoms with Gasteiger partial charge in [-0.05, 0) is 55.5 Å². The van der Waals surface area contributed by atoms with E-state index in [0.717, 1.165) is 17.8 Å². The lowest BCUT2D eigenvalue weighted by Crippen LogP contribution is -2.42. The first-order chi connectivity index (χ1) is 13.9. The third kappa shape index (κ3) is 6.10. The summed E-state index contributed by atoms with van der Waals surface area (Å²) in [4.78, 5) is 26.5. The highest BCUT2D eigenvalue weighted by Gasteiger charge is 2.39. The maximum Gasteiger partial charge on any atom is 0.423 e. The van der Waals surface area contributed by atoms with Crippen molar-refractivity contribution in [3.63, 3.8) is 0 Å². The van der Waals surface area contributed by atoms with Gasteiger partial charge in [0.1, 0.15) is 11.2 Å². The number of nitro groups is 1. The number of hydrogen-bond donors (Lipinski definition) is 2. The zero-order chi connectivity index (χ0) is 22.5. The number of carbonyl (C=O) groups is 1. The molecule has 12 heteroatoms. The quantitative estimate of drug-likeness (QED) is 0.203. The average molecular weight is 457 g/mol. The van der Waals surface area contributed by atoms with Crippen molar-refractivity contribution in [2.45, 2.75) is 23.6 Å². The Morgan fingerprint density at radius 3 is 2.47 bits per heavy atom. The second kappa shape index (κ2) is 9.35. The third-order valence-electron chi connectivity index (χ3n) is 3.78. The van der Waals surface area contributed by atoms with Crippen LogP contribution in [0.4, 0.5) is 30.2 Å². The second-order valence-electron chi connectivity index (χ2n) is 6.20. The lowest BCUT2D eigenvalue weighted by molar-refractivity contribution is -0.388. The number of nitrogens with zero attached hydrogens (tertiary/aromatic N) is 2. The second-order valence-corrected chi connectivity index (χ2v) is 7.43. The molecule has 0 aromatic heterocycles. The largest absolute Gasteiger partial charge is 0.423 e. The van der Waals surface area contributed by atoms with E-state index in [1.54, 1.807) is 24.3 Å². The summed E-state index contributed by atoms with van der Waals surface area (Å²) in [5.74, 6) is -1.06. The number of anilines is 1. The van der Waals surface area contributed by atoms with E-state index >= 15 is 0 Å². The topological polar surface area (TPSA) is 105 Å². The first kappa shape index (κ1) is 23.5. The number of rotatable bonds is 7. The van der Waals surface area contributed by atoms with Gasteiger partial charge in [0.15, 0.2) is 0 Å². The zero-order valence-corrected chi connectivity index (χ0v) is 16.9. The number of benzene rings is 2. The Morgan fingerprint density at radius 1 is 1.30 bits per heavy atom. The van der Waals surface area contributed by atoms with Gasteiger partial charge in [0.05, 0.1) is 15.8 Å². The van der Waals surface area contributed by atoms with Crippen LogP contribution in [0.5, 0.6) is 0 Å². The van der Waals surface area contributed by atoms with Crippen molar-refractivity contribution in [2.24, 2.45) is 4.99 Å². The van der Waals surface area contributed by atoms with Crippen molar-refractivity contribution in [2.75, 3.05) is 11.1 Å². The van der Waals surface area contributed by atoms with Crippen molar-refractivity contribution in [1.29, 1.82) is 0 Å². The van der Waals surface area contributed by atoms with Gasteiger partial charge < -0.3 is 10.4 Å². The van der Waals surface area contributed by atoms with E-state index in [9.17, 15) is 33.2 Å². The minimum absolute atomic E-state index is 0.103. The average Bonchev–Trinajstić information content (AvgIpc) is 2.67. The highest BCUT2D eigenvalue weighted by molar-refractivity contribution is 7.99. The molecule has 2 rings (SSSR count). The maximum absolute atomic E-state index is 13.1. The zero-order valence-electron chi connectivity index (χ0n) is 15.3. The van der Waals surface area contributed by atoms with Crippen LogP contribution in [0.25, 0.3) is 0 Å². The van der Waals surface area contributed by atoms with Gasteiger partial charge in [-0.3, -0.25) is 14.9 Å². The first-order valence-electron chi connectivity index (χ1n) is 8.14. The number of thioether (sulfide) groups is 1. The number of alkyl halides is 3. The van der Waals surface area contributed by atoms with Crippen LogP contribution in [0.15, 0.2) is 52.4 Å². The summed E-state index contributed by atoms with van der Waals surface area (Å²) in [6, 6.07) is 8.76. The fourth-order valence-electron chi connectivity index (χ4n) is 2.22. The van der Waals surface area contributed by atoms with Gasteiger partial charge in [0.25, 0.3) is 11.6 Å². The van der Waals surface area contributed by atoms with E-state index in [4.69, 9.17) is 0 Å². The molecule has 1 amide bonds. The molecule has 158 valence electrons. The number of carbonyl (C=O) groups excluding carboxylic acids is 1. The van der Waals surface area contributed by atoms with Crippen LogP contribution in [-0.4, -0.2) is 32.5 Å². The Hall–Kier alpha value is -2.79. The van der Waals surface area contributed by atoms with Crippen molar-refractivity contribution in [3.05, 3.63) is 58.1 Å². The number of aliphatic imine (C=N–C) groups is 1. The van der Waals surface area contributed by atoms with E-state index in [2.05, 4.69) is 27.7 Å². The Kier molecular flexibility index (Phi) is 7.32. The third-order valence-corrected chi connectivity index (χ3v) is 5.18. The van der Waals surface area contributed by atoms with Gasteiger partial charge in [0.2, 0.25) is 0 Å². The van der Waals surface area contributed by atoms with E-state index in [1.165, 1.54) is 6.92 Å². The molecule has 0 aliphatic carbocycles. The molecule has 0 aliphatic rings. The van der Waals surface area contributed by atoms with Gasteiger partial charge in [-0.1, -0.05) is 0 Å². The Balaban J connectivity index is 2.11. The molecular formula is C18H14F3N3O4S2. The maximum atomic E-state index is 13.1. The molecule has 0 unspecified atom stereocenters. The molecule has 2 aromatic carbocycles. The molecule has 7 nitrogen and oxygen atoms in total. The van der Waals surface area contributed by atoms with Gasteiger partial charge >= 0.3 is 6.18 Å². The number of nitro benzene ring substituents is 1. The molecule has 30 heavy (non-hydrogen) atoms.